The Balaban J connectivity index is 2.38. The Bertz CT molecular complexity index is 755. The zero-order valence-electron chi connectivity index (χ0n) is 10.8. The molecule has 1 fully saturated rings. The molecule has 0 radical (unpaired) electrons. The molecule has 7 nitrogen and oxygen atoms in total. The van der Waals surface area contributed by atoms with E-state index in [2.05, 4.69) is 0 Å². The molecule has 1 aromatic rings. The number of nitro benzene ring substituents is 1. The SMILES string of the molecule is O=C1CC(CS(=O)(=O)F)CN1c1cc(Cl)c(F)cc1[N+](=O)[O-]. The summed E-state index contributed by atoms with van der Waals surface area (Å²) in [6.07, 6.45) is -0.282. The molecule has 1 amide bonds. The van der Waals surface area contributed by atoms with Gasteiger partial charge < -0.3 is 4.90 Å². The Hall–Kier alpha value is -1.81. The van der Waals surface area contributed by atoms with E-state index in [1.807, 2.05) is 0 Å². The first kappa shape index (κ1) is 16.6. The van der Waals surface area contributed by atoms with Gasteiger partial charge in [-0.25, -0.2) is 4.39 Å². The quantitative estimate of drug-likeness (QED) is 0.468. The number of hydrogen-bond donors (Lipinski definition) is 0. The molecule has 1 aliphatic heterocycles. The van der Waals surface area contributed by atoms with E-state index in [0.29, 0.717) is 6.07 Å². The van der Waals surface area contributed by atoms with Crippen LogP contribution >= 0.6 is 11.6 Å². The third-order valence-corrected chi connectivity index (χ3v) is 4.30. The molecule has 1 aromatic carbocycles. The molecule has 11 heteroatoms. The van der Waals surface area contributed by atoms with E-state index >= 15 is 0 Å². The molecular formula is C11H9ClF2N2O5S. The number of rotatable bonds is 4. The van der Waals surface area contributed by atoms with E-state index in [1.54, 1.807) is 0 Å². The van der Waals surface area contributed by atoms with Crippen LogP contribution in [0.4, 0.5) is 19.7 Å². The van der Waals surface area contributed by atoms with Crippen LogP contribution in [0.5, 0.6) is 0 Å². The summed E-state index contributed by atoms with van der Waals surface area (Å²) in [4.78, 5) is 22.9. The number of hydrogen-bond acceptors (Lipinski definition) is 5. The fourth-order valence-corrected chi connectivity index (χ4v) is 3.24. The van der Waals surface area contributed by atoms with Crippen molar-refractivity contribution in [2.24, 2.45) is 5.92 Å². The highest BCUT2D eigenvalue weighted by Crippen LogP contribution is 2.36. The molecular weight excluding hydrogens is 346 g/mol. The molecule has 1 aliphatic rings. The smallest absolute Gasteiger partial charge is 0.302 e. The maximum atomic E-state index is 13.3. The number of nitrogens with zero attached hydrogens (tertiary/aromatic N) is 2. The van der Waals surface area contributed by atoms with Gasteiger partial charge in [-0.15, -0.1) is 3.89 Å². The van der Waals surface area contributed by atoms with E-state index in [0.717, 1.165) is 11.0 Å². The van der Waals surface area contributed by atoms with Crippen molar-refractivity contribution in [1.82, 2.24) is 0 Å². The van der Waals surface area contributed by atoms with Crippen molar-refractivity contribution >= 4 is 39.1 Å². The fourth-order valence-electron chi connectivity index (χ4n) is 2.30. The van der Waals surface area contributed by atoms with Gasteiger partial charge in [0.2, 0.25) is 5.91 Å². The standard InChI is InChI=1S/C11H9ClF2N2O5S/c12-7-2-9(10(16(18)19)3-8(7)13)15-4-6(1-11(15)17)5-22(14,20)21/h2-3,6H,1,4-5H2. The van der Waals surface area contributed by atoms with Gasteiger partial charge in [0.05, 0.1) is 21.8 Å². The molecule has 1 saturated heterocycles. The van der Waals surface area contributed by atoms with Crippen molar-refractivity contribution in [3.63, 3.8) is 0 Å². The molecule has 0 aliphatic carbocycles. The van der Waals surface area contributed by atoms with Crippen molar-refractivity contribution in [1.29, 1.82) is 0 Å². The molecule has 0 bridgehead atoms. The Kier molecular flexibility index (Phi) is 4.34. The van der Waals surface area contributed by atoms with Gasteiger partial charge in [0.25, 0.3) is 5.69 Å². The van der Waals surface area contributed by atoms with Crippen LogP contribution < -0.4 is 4.90 Å². The molecule has 0 aromatic heterocycles. The summed E-state index contributed by atoms with van der Waals surface area (Å²) < 4.78 is 47.3. The molecule has 0 N–H and O–H groups in total. The average Bonchev–Trinajstić information content (AvgIpc) is 2.70. The minimum absolute atomic E-state index is 0.231. The second-order valence-electron chi connectivity index (χ2n) is 4.79. The summed E-state index contributed by atoms with van der Waals surface area (Å²) in [6.45, 7) is -0.231. The Labute approximate surface area is 128 Å². The topological polar surface area (TPSA) is 97.6 Å². The first-order valence-corrected chi connectivity index (χ1v) is 7.87. The van der Waals surface area contributed by atoms with Gasteiger partial charge >= 0.3 is 10.2 Å². The van der Waals surface area contributed by atoms with Crippen LogP contribution in [0.25, 0.3) is 0 Å². The summed E-state index contributed by atoms with van der Waals surface area (Å²) in [5, 5.41) is 10.5. The van der Waals surface area contributed by atoms with Crippen LogP contribution in [0.2, 0.25) is 5.02 Å². The predicted octanol–water partition coefficient (Wildman–Crippen LogP) is 2.04. The molecule has 1 unspecified atom stereocenters. The number of carbonyl (C=O) groups excluding carboxylic acids is 1. The Morgan fingerprint density at radius 3 is 2.64 bits per heavy atom. The van der Waals surface area contributed by atoms with Gasteiger partial charge in [-0.3, -0.25) is 14.9 Å². The van der Waals surface area contributed by atoms with Crippen LogP contribution in [0.1, 0.15) is 6.42 Å². The lowest BCUT2D eigenvalue weighted by atomic mass is 10.1. The van der Waals surface area contributed by atoms with Crippen molar-refractivity contribution < 1.29 is 26.4 Å². The van der Waals surface area contributed by atoms with Crippen LogP contribution in [0.15, 0.2) is 12.1 Å². The number of amides is 1. The lowest BCUT2D eigenvalue weighted by molar-refractivity contribution is -0.384. The number of anilines is 1. The largest absolute Gasteiger partial charge is 0.306 e. The predicted molar refractivity (Wildman–Crippen MR) is 73.4 cm³/mol. The normalized spacial score (nSPS) is 18.8. The highest BCUT2D eigenvalue weighted by atomic mass is 35.5. The van der Waals surface area contributed by atoms with Crippen LogP contribution in [0, 0.1) is 21.8 Å². The Morgan fingerprint density at radius 1 is 1.45 bits per heavy atom. The van der Waals surface area contributed by atoms with Gasteiger partial charge in [-0.05, 0) is 6.07 Å². The number of carbonyl (C=O) groups is 1. The van der Waals surface area contributed by atoms with Crippen molar-refractivity contribution in [3.8, 4) is 0 Å². The van der Waals surface area contributed by atoms with Crippen molar-refractivity contribution in [2.45, 2.75) is 6.42 Å². The molecule has 1 heterocycles. The molecule has 120 valence electrons. The van der Waals surface area contributed by atoms with E-state index < -0.39 is 49.3 Å². The molecule has 22 heavy (non-hydrogen) atoms. The van der Waals surface area contributed by atoms with Crippen LogP contribution in [0.3, 0.4) is 0 Å². The minimum Gasteiger partial charge on any atom is -0.306 e. The zero-order valence-corrected chi connectivity index (χ0v) is 12.4. The average molecular weight is 355 g/mol. The van der Waals surface area contributed by atoms with E-state index in [4.69, 9.17) is 11.6 Å². The monoisotopic (exact) mass is 354 g/mol. The van der Waals surface area contributed by atoms with Gasteiger partial charge in [-0.1, -0.05) is 11.6 Å². The summed E-state index contributed by atoms with van der Waals surface area (Å²) >= 11 is 5.57. The molecule has 2 rings (SSSR count). The number of halogens is 3. The third-order valence-electron chi connectivity index (χ3n) is 3.14. The summed E-state index contributed by atoms with van der Waals surface area (Å²) in [6, 6.07) is 1.49. The van der Waals surface area contributed by atoms with E-state index in [9.17, 15) is 31.6 Å². The highest BCUT2D eigenvalue weighted by molar-refractivity contribution is 7.86. The first-order chi connectivity index (χ1) is 10.1. The maximum absolute atomic E-state index is 13.3. The maximum Gasteiger partial charge on any atom is 0.302 e. The third kappa shape index (κ3) is 3.50. The molecule has 0 spiro atoms. The lowest BCUT2D eigenvalue weighted by Gasteiger charge is -2.17. The fraction of sp³-hybridized carbons (Fsp3) is 0.364. The number of benzene rings is 1. The van der Waals surface area contributed by atoms with Crippen LogP contribution in [-0.4, -0.2) is 31.5 Å². The summed E-state index contributed by atoms with van der Waals surface area (Å²) in [7, 11) is -4.78. The van der Waals surface area contributed by atoms with Gasteiger partial charge in [0.15, 0.2) is 0 Å². The van der Waals surface area contributed by atoms with Gasteiger partial charge in [0, 0.05) is 18.9 Å². The number of nitro groups is 1. The van der Waals surface area contributed by atoms with Crippen molar-refractivity contribution in [2.75, 3.05) is 17.2 Å². The summed E-state index contributed by atoms with van der Waals surface area (Å²) in [5.74, 6) is -3.35. The summed E-state index contributed by atoms with van der Waals surface area (Å²) in [5.41, 5.74) is -0.931. The molecule has 1 atom stereocenters. The Morgan fingerprint density at radius 2 is 2.09 bits per heavy atom. The lowest BCUT2D eigenvalue weighted by Crippen LogP contribution is -2.26. The second kappa shape index (κ2) is 5.76. The second-order valence-corrected chi connectivity index (χ2v) is 6.61. The van der Waals surface area contributed by atoms with Gasteiger partial charge in [-0.2, -0.15) is 8.42 Å². The van der Waals surface area contributed by atoms with Gasteiger partial charge in [0.1, 0.15) is 11.5 Å². The van der Waals surface area contributed by atoms with E-state index in [-0.39, 0.29) is 18.7 Å². The van der Waals surface area contributed by atoms with Crippen molar-refractivity contribution in [3.05, 3.63) is 33.1 Å². The molecule has 0 saturated carbocycles. The van der Waals surface area contributed by atoms with Crippen LogP contribution in [-0.2, 0) is 15.0 Å². The highest BCUT2D eigenvalue weighted by Gasteiger charge is 2.37. The minimum atomic E-state index is -4.78. The zero-order chi connectivity index (χ0) is 16.7. The first-order valence-electron chi connectivity index (χ1n) is 5.94. The van der Waals surface area contributed by atoms with E-state index in [1.165, 1.54) is 0 Å².